The maximum Gasteiger partial charge on any atom is 1.00 e. The minimum Gasteiger partial charge on any atom is -1.00 e. The van der Waals surface area contributed by atoms with Gasteiger partial charge in [-0.2, -0.15) is 0 Å². The Kier molecular flexibility index (Phi) is 15.1. The molecule has 0 atom stereocenters. The van der Waals surface area contributed by atoms with Gasteiger partial charge in [0, 0.05) is 0 Å². The SMILES string of the molecule is CCCCCCCCCC(C(=O)O)(C(=O)O)c1ccccc1.[H-].[H-].[Li+].[Na+]. The van der Waals surface area contributed by atoms with Crippen LogP contribution in [0.5, 0.6) is 0 Å². The fourth-order valence-electron chi connectivity index (χ4n) is 2.77. The van der Waals surface area contributed by atoms with Gasteiger partial charge in [0.1, 0.15) is 0 Å². The molecule has 0 unspecified atom stereocenters. The third-order valence-corrected chi connectivity index (χ3v) is 4.15. The quantitative estimate of drug-likeness (QED) is 0.292. The molecule has 0 aliphatic heterocycles. The zero-order valence-corrected chi connectivity index (χ0v) is 17.3. The van der Waals surface area contributed by atoms with E-state index in [9.17, 15) is 19.8 Å². The summed E-state index contributed by atoms with van der Waals surface area (Å²) in [5.41, 5.74) is -1.48. The van der Waals surface area contributed by atoms with Crippen LogP contribution in [0.1, 0.15) is 66.7 Å². The first kappa shape index (κ1) is 26.0. The molecule has 1 aromatic carbocycles. The number of unbranched alkanes of at least 4 members (excludes halogenated alkanes) is 6. The summed E-state index contributed by atoms with van der Waals surface area (Å²) in [7, 11) is 0. The topological polar surface area (TPSA) is 74.6 Å². The van der Waals surface area contributed by atoms with Crippen molar-refractivity contribution in [2.45, 2.75) is 63.7 Å². The second kappa shape index (κ2) is 14.0. The van der Waals surface area contributed by atoms with E-state index >= 15 is 0 Å². The monoisotopic (exact) mass is 338 g/mol. The maximum atomic E-state index is 11.7. The van der Waals surface area contributed by atoms with Gasteiger partial charge in [-0.05, 0) is 12.0 Å². The Labute approximate surface area is 181 Å². The Morgan fingerprint density at radius 3 is 1.83 bits per heavy atom. The first-order chi connectivity index (χ1) is 10.6. The molecule has 6 heteroatoms. The molecule has 0 radical (unpaired) electrons. The molecule has 24 heavy (non-hydrogen) atoms. The first-order valence-electron chi connectivity index (χ1n) is 8.08. The van der Waals surface area contributed by atoms with Crippen LogP contribution in [0.15, 0.2) is 30.3 Å². The van der Waals surface area contributed by atoms with Gasteiger partial charge in [-0.1, -0.05) is 82.2 Å². The molecule has 0 saturated heterocycles. The van der Waals surface area contributed by atoms with Gasteiger partial charge in [0.25, 0.3) is 0 Å². The van der Waals surface area contributed by atoms with Gasteiger partial charge in [0.2, 0.25) is 0 Å². The second-order valence-corrected chi connectivity index (χ2v) is 5.75. The van der Waals surface area contributed by atoms with Crippen LogP contribution in [0.2, 0.25) is 0 Å². The Morgan fingerprint density at radius 2 is 1.38 bits per heavy atom. The average Bonchev–Trinajstić information content (AvgIpc) is 2.50. The summed E-state index contributed by atoms with van der Waals surface area (Å²) >= 11 is 0. The van der Waals surface area contributed by atoms with E-state index in [1.807, 2.05) is 0 Å². The normalized spacial score (nSPS) is 10.4. The van der Waals surface area contributed by atoms with Crippen LogP contribution in [0.3, 0.4) is 0 Å². The molecule has 126 valence electrons. The summed E-state index contributed by atoms with van der Waals surface area (Å²) in [6.07, 6.45) is 7.38. The predicted molar refractivity (Wildman–Crippen MR) is 88.2 cm³/mol. The fourth-order valence-corrected chi connectivity index (χ4v) is 2.77. The van der Waals surface area contributed by atoms with Gasteiger partial charge in [0.05, 0.1) is 0 Å². The van der Waals surface area contributed by atoms with Crippen molar-refractivity contribution in [3.8, 4) is 0 Å². The van der Waals surface area contributed by atoms with E-state index in [2.05, 4.69) is 6.92 Å². The van der Waals surface area contributed by atoms with Gasteiger partial charge >= 0.3 is 60.4 Å². The van der Waals surface area contributed by atoms with Crippen molar-refractivity contribution in [1.29, 1.82) is 0 Å². The van der Waals surface area contributed by atoms with Crippen molar-refractivity contribution in [3.63, 3.8) is 0 Å². The Balaban J connectivity index is -0.000000605. The van der Waals surface area contributed by atoms with Crippen LogP contribution >= 0.6 is 0 Å². The number of carbonyl (C=O) groups is 2. The molecule has 1 aromatic rings. The van der Waals surface area contributed by atoms with Crippen LogP contribution < -0.4 is 48.4 Å². The summed E-state index contributed by atoms with van der Waals surface area (Å²) in [6.45, 7) is 2.16. The van der Waals surface area contributed by atoms with E-state index in [1.165, 1.54) is 19.3 Å². The molecule has 0 fully saturated rings. The maximum absolute atomic E-state index is 11.7. The van der Waals surface area contributed by atoms with Crippen LogP contribution in [0, 0.1) is 0 Å². The third-order valence-electron chi connectivity index (χ3n) is 4.15. The number of rotatable bonds is 11. The van der Waals surface area contributed by atoms with Crippen LogP contribution in [-0.2, 0) is 15.0 Å². The van der Waals surface area contributed by atoms with Crippen LogP contribution in [0.25, 0.3) is 0 Å². The molecule has 0 amide bonds. The summed E-state index contributed by atoms with van der Waals surface area (Å²) in [6, 6.07) is 8.29. The van der Waals surface area contributed by atoms with E-state index in [0.29, 0.717) is 12.0 Å². The number of hydrogen-bond donors (Lipinski definition) is 2. The minimum absolute atomic E-state index is 0. The van der Waals surface area contributed by atoms with Crippen molar-refractivity contribution in [2.24, 2.45) is 0 Å². The van der Waals surface area contributed by atoms with E-state index in [4.69, 9.17) is 0 Å². The van der Waals surface area contributed by atoms with E-state index in [-0.39, 0.29) is 57.7 Å². The molecule has 4 nitrogen and oxygen atoms in total. The molecule has 1 rings (SSSR count). The van der Waals surface area contributed by atoms with Gasteiger partial charge in [-0.15, -0.1) is 0 Å². The number of hydrogen-bond acceptors (Lipinski definition) is 2. The van der Waals surface area contributed by atoms with Gasteiger partial charge < -0.3 is 13.1 Å². The number of benzene rings is 1. The number of carboxylic acid groups (broad SMARTS) is 2. The molecule has 0 heterocycles. The summed E-state index contributed by atoms with van der Waals surface area (Å²) in [4.78, 5) is 23.4. The molecule has 0 aliphatic rings. The molecule has 0 aromatic heterocycles. The zero-order chi connectivity index (χ0) is 16.4. The molecule has 0 bridgehead atoms. The third kappa shape index (κ3) is 7.33. The van der Waals surface area contributed by atoms with E-state index in [1.54, 1.807) is 30.3 Å². The van der Waals surface area contributed by atoms with Gasteiger partial charge in [-0.3, -0.25) is 9.59 Å². The molecular formula is C18H28LiNaO4. The minimum atomic E-state index is -1.83. The van der Waals surface area contributed by atoms with Crippen molar-refractivity contribution in [3.05, 3.63) is 35.9 Å². The largest absolute Gasteiger partial charge is 1.00 e. The van der Waals surface area contributed by atoms with Gasteiger partial charge in [-0.25, -0.2) is 0 Å². The average molecular weight is 338 g/mol. The van der Waals surface area contributed by atoms with Gasteiger partial charge in [0.15, 0.2) is 5.41 Å². The van der Waals surface area contributed by atoms with Crippen molar-refractivity contribution in [1.82, 2.24) is 0 Å². The molecule has 0 spiro atoms. The molecule has 0 aliphatic carbocycles. The van der Waals surface area contributed by atoms with E-state index < -0.39 is 17.4 Å². The van der Waals surface area contributed by atoms with Crippen molar-refractivity contribution >= 4 is 11.9 Å². The zero-order valence-electron chi connectivity index (χ0n) is 17.3. The first-order valence-corrected chi connectivity index (χ1v) is 8.08. The summed E-state index contributed by atoms with van der Waals surface area (Å²) in [5, 5.41) is 19.1. The Morgan fingerprint density at radius 1 is 0.917 bits per heavy atom. The fraction of sp³-hybridized carbons (Fsp3) is 0.556. The van der Waals surface area contributed by atoms with Crippen molar-refractivity contribution in [2.75, 3.05) is 0 Å². The number of carboxylic acids is 2. The molecular weight excluding hydrogens is 310 g/mol. The summed E-state index contributed by atoms with van der Waals surface area (Å²) in [5.74, 6) is -2.56. The van der Waals surface area contributed by atoms with E-state index in [0.717, 1.165) is 19.3 Å². The van der Waals surface area contributed by atoms with Crippen LogP contribution in [-0.4, -0.2) is 22.2 Å². The standard InChI is InChI=1S/C18H26O4.Li.Na.2H/c1-2-3-4-5-6-7-11-14-18(16(19)20,17(21)22)15-12-9-8-10-13-15;;;;/h8-10,12-13H,2-7,11,14H2,1H3,(H,19,20)(H,21,22);;;;/q;2*+1;2*-1. The Bertz CT molecular complexity index is 475. The van der Waals surface area contributed by atoms with Crippen molar-refractivity contribution < 1.29 is 71.1 Å². The predicted octanol–water partition coefficient (Wildman–Crippen LogP) is -1.53. The molecule has 2 N–H and O–H groups in total. The smallest absolute Gasteiger partial charge is 1.00 e. The summed E-state index contributed by atoms with van der Waals surface area (Å²) < 4.78 is 0. The Hall–Kier alpha value is -0.243. The number of aliphatic carboxylic acids is 2. The molecule has 0 saturated carbocycles. The van der Waals surface area contributed by atoms with Crippen LogP contribution in [0.4, 0.5) is 0 Å². The second-order valence-electron chi connectivity index (χ2n) is 5.75.